The van der Waals surface area contributed by atoms with Gasteiger partial charge < -0.3 is 14.5 Å². The van der Waals surface area contributed by atoms with Gasteiger partial charge in [-0.25, -0.2) is 4.79 Å². The molecule has 5 heteroatoms. The van der Waals surface area contributed by atoms with Gasteiger partial charge in [-0.05, 0) is 44.7 Å². The molecule has 1 atom stereocenters. The van der Waals surface area contributed by atoms with Crippen LogP contribution in [0.4, 0.5) is 0 Å². The molecule has 0 aliphatic heterocycles. The summed E-state index contributed by atoms with van der Waals surface area (Å²) in [7, 11) is 0. The third-order valence-electron chi connectivity index (χ3n) is 3.88. The molecule has 1 aliphatic rings. The molecular formula is C16H23NO4. The van der Waals surface area contributed by atoms with E-state index in [4.69, 9.17) is 9.15 Å². The standard InChI is InChI=1S/C16H23NO4/c1-11-8-9-14(20-11)16(19)21-12(2)15(18)17-10-13-6-4-3-5-7-13/h8-9,12-13H,3-7,10H2,1-2H3,(H,17,18)/t12-/m1/s1. The van der Waals surface area contributed by atoms with Gasteiger partial charge in [-0.1, -0.05) is 19.3 Å². The van der Waals surface area contributed by atoms with Crippen LogP contribution in [0.5, 0.6) is 0 Å². The fraction of sp³-hybridized carbons (Fsp3) is 0.625. The molecule has 0 saturated heterocycles. The van der Waals surface area contributed by atoms with Crippen LogP contribution in [0.25, 0.3) is 0 Å². The van der Waals surface area contributed by atoms with Crippen LogP contribution in [0, 0.1) is 12.8 Å². The van der Waals surface area contributed by atoms with Crippen molar-refractivity contribution in [2.45, 2.75) is 52.1 Å². The Kier molecular flexibility index (Phi) is 5.42. The van der Waals surface area contributed by atoms with Crippen LogP contribution >= 0.6 is 0 Å². The molecule has 2 rings (SSSR count). The zero-order chi connectivity index (χ0) is 15.2. The Labute approximate surface area is 125 Å². The zero-order valence-electron chi connectivity index (χ0n) is 12.7. The number of hydrogen-bond acceptors (Lipinski definition) is 4. The van der Waals surface area contributed by atoms with Crippen molar-refractivity contribution in [1.29, 1.82) is 0 Å². The van der Waals surface area contributed by atoms with E-state index in [-0.39, 0.29) is 11.7 Å². The van der Waals surface area contributed by atoms with Gasteiger partial charge in [-0.2, -0.15) is 0 Å². The van der Waals surface area contributed by atoms with Crippen LogP contribution in [-0.2, 0) is 9.53 Å². The minimum Gasteiger partial charge on any atom is -0.454 e. The molecule has 116 valence electrons. The van der Waals surface area contributed by atoms with E-state index < -0.39 is 12.1 Å². The molecule has 21 heavy (non-hydrogen) atoms. The van der Waals surface area contributed by atoms with E-state index in [0.29, 0.717) is 18.2 Å². The maximum absolute atomic E-state index is 11.9. The van der Waals surface area contributed by atoms with Crippen molar-refractivity contribution in [3.8, 4) is 0 Å². The molecule has 5 nitrogen and oxygen atoms in total. The van der Waals surface area contributed by atoms with Crippen molar-refractivity contribution < 1.29 is 18.7 Å². The average molecular weight is 293 g/mol. The molecule has 1 aromatic rings. The molecule has 0 radical (unpaired) electrons. The summed E-state index contributed by atoms with van der Waals surface area (Å²) in [5, 5.41) is 2.87. The van der Waals surface area contributed by atoms with E-state index in [0.717, 1.165) is 0 Å². The lowest BCUT2D eigenvalue weighted by Crippen LogP contribution is -2.38. The number of furan rings is 1. The first kappa shape index (κ1) is 15.6. The third kappa shape index (κ3) is 4.62. The minimum absolute atomic E-state index is 0.124. The van der Waals surface area contributed by atoms with Crippen molar-refractivity contribution in [3.05, 3.63) is 23.7 Å². The predicted octanol–water partition coefficient (Wildman–Crippen LogP) is 2.83. The molecule has 1 N–H and O–H groups in total. The second-order valence-electron chi connectivity index (χ2n) is 5.71. The second kappa shape index (κ2) is 7.29. The van der Waals surface area contributed by atoms with Crippen molar-refractivity contribution in [3.63, 3.8) is 0 Å². The lowest BCUT2D eigenvalue weighted by atomic mass is 9.89. The summed E-state index contributed by atoms with van der Waals surface area (Å²) in [6.07, 6.45) is 5.29. The summed E-state index contributed by atoms with van der Waals surface area (Å²) < 4.78 is 10.3. The van der Waals surface area contributed by atoms with Crippen LogP contribution in [0.1, 0.15) is 55.3 Å². The number of amides is 1. The first-order chi connectivity index (χ1) is 10.1. The molecule has 1 saturated carbocycles. The highest BCUT2D eigenvalue weighted by Crippen LogP contribution is 2.22. The lowest BCUT2D eigenvalue weighted by molar-refractivity contribution is -0.129. The van der Waals surface area contributed by atoms with Gasteiger partial charge in [0.25, 0.3) is 5.91 Å². The monoisotopic (exact) mass is 293 g/mol. The smallest absolute Gasteiger partial charge is 0.375 e. The molecule has 0 spiro atoms. The van der Waals surface area contributed by atoms with E-state index in [1.165, 1.54) is 32.1 Å². The summed E-state index contributed by atoms with van der Waals surface area (Å²) in [4.78, 5) is 23.7. The van der Waals surface area contributed by atoms with E-state index in [2.05, 4.69) is 5.32 Å². The molecule has 1 aliphatic carbocycles. The van der Waals surface area contributed by atoms with Crippen LogP contribution in [0.3, 0.4) is 0 Å². The largest absolute Gasteiger partial charge is 0.454 e. The number of nitrogens with one attached hydrogen (secondary N) is 1. The Morgan fingerprint density at radius 2 is 2.05 bits per heavy atom. The maximum Gasteiger partial charge on any atom is 0.375 e. The van der Waals surface area contributed by atoms with Crippen molar-refractivity contribution in [2.75, 3.05) is 6.54 Å². The average Bonchev–Trinajstić information content (AvgIpc) is 2.92. The lowest BCUT2D eigenvalue weighted by Gasteiger charge is -2.22. The van der Waals surface area contributed by atoms with E-state index in [1.807, 2.05) is 0 Å². The topological polar surface area (TPSA) is 68.5 Å². The summed E-state index contributed by atoms with van der Waals surface area (Å²) >= 11 is 0. The number of esters is 1. The van der Waals surface area contributed by atoms with E-state index >= 15 is 0 Å². The Morgan fingerprint density at radius 3 is 2.67 bits per heavy atom. The molecule has 0 unspecified atom stereocenters. The van der Waals surface area contributed by atoms with Crippen LogP contribution < -0.4 is 5.32 Å². The molecule has 1 fully saturated rings. The van der Waals surface area contributed by atoms with Gasteiger partial charge in [-0.3, -0.25) is 4.79 Å². The summed E-state index contributed by atoms with van der Waals surface area (Å²) in [5.74, 6) is 0.453. The molecule has 0 aromatic carbocycles. The number of hydrogen-bond donors (Lipinski definition) is 1. The van der Waals surface area contributed by atoms with Gasteiger partial charge in [0.1, 0.15) is 5.76 Å². The maximum atomic E-state index is 11.9. The van der Waals surface area contributed by atoms with Gasteiger partial charge in [0.15, 0.2) is 6.10 Å². The van der Waals surface area contributed by atoms with Crippen molar-refractivity contribution >= 4 is 11.9 Å². The number of ether oxygens (including phenoxy) is 1. The molecule has 1 aromatic heterocycles. The van der Waals surface area contributed by atoms with Gasteiger partial charge in [-0.15, -0.1) is 0 Å². The molecule has 1 amide bonds. The molecular weight excluding hydrogens is 270 g/mol. The summed E-state index contributed by atoms with van der Waals surface area (Å²) in [6.45, 7) is 3.99. The number of rotatable bonds is 5. The first-order valence-corrected chi connectivity index (χ1v) is 7.61. The van der Waals surface area contributed by atoms with Crippen LogP contribution in [0.2, 0.25) is 0 Å². The van der Waals surface area contributed by atoms with Crippen molar-refractivity contribution in [2.24, 2.45) is 5.92 Å². The van der Waals surface area contributed by atoms with Gasteiger partial charge in [0.2, 0.25) is 5.76 Å². The van der Waals surface area contributed by atoms with E-state index in [1.54, 1.807) is 26.0 Å². The zero-order valence-corrected chi connectivity index (χ0v) is 12.7. The molecule has 1 heterocycles. The highest BCUT2D eigenvalue weighted by atomic mass is 16.6. The van der Waals surface area contributed by atoms with Crippen LogP contribution in [-0.4, -0.2) is 24.5 Å². The van der Waals surface area contributed by atoms with Crippen molar-refractivity contribution in [1.82, 2.24) is 5.32 Å². The number of carbonyl (C=O) groups is 2. The number of aryl methyl sites for hydroxylation is 1. The Bertz CT molecular complexity index is 488. The quantitative estimate of drug-likeness (QED) is 0.848. The normalized spacial score (nSPS) is 17.2. The van der Waals surface area contributed by atoms with Gasteiger partial charge in [0.05, 0.1) is 0 Å². The first-order valence-electron chi connectivity index (χ1n) is 7.61. The highest BCUT2D eigenvalue weighted by Gasteiger charge is 2.22. The Morgan fingerprint density at radius 1 is 1.33 bits per heavy atom. The number of carbonyl (C=O) groups excluding carboxylic acids is 2. The fourth-order valence-corrected chi connectivity index (χ4v) is 2.60. The fourth-order valence-electron chi connectivity index (χ4n) is 2.60. The van der Waals surface area contributed by atoms with Crippen LogP contribution in [0.15, 0.2) is 16.5 Å². The Hall–Kier alpha value is -1.78. The minimum atomic E-state index is -0.813. The third-order valence-corrected chi connectivity index (χ3v) is 3.88. The Balaban J connectivity index is 1.75. The SMILES string of the molecule is Cc1ccc(C(=O)O[C@H](C)C(=O)NCC2CCCCC2)o1. The van der Waals surface area contributed by atoms with Gasteiger partial charge in [0, 0.05) is 6.54 Å². The van der Waals surface area contributed by atoms with Gasteiger partial charge >= 0.3 is 5.97 Å². The second-order valence-corrected chi connectivity index (χ2v) is 5.71. The van der Waals surface area contributed by atoms with E-state index in [9.17, 15) is 9.59 Å². The summed E-state index contributed by atoms with van der Waals surface area (Å²) in [5.41, 5.74) is 0. The summed E-state index contributed by atoms with van der Waals surface area (Å²) in [6, 6.07) is 3.23. The molecule has 0 bridgehead atoms. The highest BCUT2D eigenvalue weighted by molar-refractivity contribution is 5.90. The predicted molar refractivity (Wildman–Crippen MR) is 77.9 cm³/mol.